The monoisotopic (exact) mass is 237 g/mol. The van der Waals surface area contributed by atoms with E-state index in [1.54, 1.807) is 6.33 Å². The average Bonchev–Trinajstić information content (AvgIpc) is 2.28. The maximum atomic E-state index is 4.28. The molecule has 0 aliphatic carbocycles. The first-order valence-corrected chi connectivity index (χ1v) is 6.07. The van der Waals surface area contributed by atoms with E-state index in [2.05, 4.69) is 46.4 Å². The molecule has 0 spiro atoms. The predicted octanol–water partition coefficient (Wildman–Crippen LogP) is 1.34. The average molecular weight is 237 g/mol. The minimum absolute atomic E-state index is 0.382. The van der Waals surface area contributed by atoms with Gasteiger partial charge in [-0.25, -0.2) is 9.97 Å². The summed E-state index contributed by atoms with van der Waals surface area (Å²) in [4.78, 5) is 10.6. The molecule has 0 amide bonds. The molecular weight excluding hydrogens is 214 g/mol. The van der Waals surface area contributed by atoms with Gasteiger partial charge < -0.3 is 15.5 Å². The van der Waals surface area contributed by atoms with Crippen LogP contribution in [0.3, 0.4) is 0 Å². The minimum atomic E-state index is 0.382. The normalized spacial score (nSPS) is 10.6. The van der Waals surface area contributed by atoms with Crippen molar-refractivity contribution in [1.29, 1.82) is 0 Å². The largest absolute Gasteiger partial charge is 0.368 e. The molecule has 0 saturated heterocycles. The van der Waals surface area contributed by atoms with Crippen molar-refractivity contribution >= 4 is 11.6 Å². The van der Waals surface area contributed by atoms with Gasteiger partial charge in [0.15, 0.2) is 0 Å². The first-order chi connectivity index (χ1) is 8.13. The number of rotatable bonds is 7. The van der Waals surface area contributed by atoms with Gasteiger partial charge in [-0.2, -0.15) is 0 Å². The van der Waals surface area contributed by atoms with Crippen LogP contribution in [0.1, 0.15) is 20.3 Å². The Hall–Kier alpha value is -1.36. The van der Waals surface area contributed by atoms with Gasteiger partial charge in [0.2, 0.25) is 0 Å². The fourth-order valence-electron chi connectivity index (χ4n) is 1.54. The number of hydrogen-bond acceptors (Lipinski definition) is 5. The van der Waals surface area contributed by atoms with Crippen LogP contribution in [0.5, 0.6) is 0 Å². The number of nitrogens with zero attached hydrogens (tertiary/aromatic N) is 3. The summed E-state index contributed by atoms with van der Waals surface area (Å²) in [6.07, 6.45) is 2.71. The molecule has 5 nitrogen and oxygen atoms in total. The summed E-state index contributed by atoms with van der Waals surface area (Å²) in [6.45, 7) is 6.20. The van der Waals surface area contributed by atoms with Crippen molar-refractivity contribution in [2.24, 2.45) is 0 Å². The summed E-state index contributed by atoms with van der Waals surface area (Å²) in [5.41, 5.74) is 0. The lowest BCUT2D eigenvalue weighted by atomic mass is 10.3. The van der Waals surface area contributed by atoms with Gasteiger partial charge in [-0.3, -0.25) is 0 Å². The molecule has 5 heteroatoms. The van der Waals surface area contributed by atoms with E-state index < -0.39 is 0 Å². The van der Waals surface area contributed by atoms with Crippen LogP contribution in [0.2, 0.25) is 0 Å². The quantitative estimate of drug-likeness (QED) is 0.701. The molecule has 1 aromatic heterocycles. The lowest BCUT2D eigenvalue weighted by Gasteiger charge is -2.19. The van der Waals surface area contributed by atoms with Crippen molar-refractivity contribution < 1.29 is 0 Å². The van der Waals surface area contributed by atoms with E-state index in [0.717, 1.165) is 31.1 Å². The number of aromatic nitrogens is 2. The van der Waals surface area contributed by atoms with Crippen LogP contribution in [0.15, 0.2) is 12.4 Å². The first-order valence-electron chi connectivity index (χ1n) is 6.07. The zero-order valence-corrected chi connectivity index (χ0v) is 11.2. The van der Waals surface area contributed by atoms with Crippen LogP contribution in [0.25, 0.3) is 0 Å². The molecule has 96 valence electrons. The topological polar surface area (TPSA) is 53.1 Å². The lowest BCUT2D eigenvalue weighted by molar-refractivity contribution is 0.708. The van der Waals surface area contributed by atoms with E-state index >= 15 is 0 Å². The van der Waals surface area contributed by atoms with E-state index in [1.807, 2.05) is 13.1 Å². The maximum absolute atomic E-state index is 4.28. The van der Waals surface area contributed by atoms with Gasteiger partial charge >= 0.3 is 0 Å². The molecule has 1 aromatic rings. The molecule has 0 radical (unpaired) electrons. The summed E-state index contributed by atoms with van der Waals surface area (Å²) in [7, 11) is 4.02. The highest BCUT2D eigenvalue weighted by molar-refractivity contribution is 5.48. The summed E-state index contributed by atoms with van der Waals surface area (Å²) in [5, 5.41) is 6.42. The third-order valence-corrected chi connectivity index (χ3v) is 2.40. The number of anilines is 2. The van der Waals surface area contributed by atoms with E-state index in [0.29, 0.717) is 6.04 Å². The smallest absolute Gasteiger partial charge is 0.133 e. The third kappa shape index (κ3) is 4.99. The Balaban J connectivity index is 2.57. The van der Waals surface area contributed by atoms with Gasteiger partial charge in [0.25, 0.3) is 0 Å². The molecule has 17 heavy (non-hydrogen) atoms. The standard InChI is InChI=1S/C12H23N5/c1-10(2)16-11-8-12(15-9-14-11)17(4)7-5-6-13-3/h8-10,13H,5-7H2,1-4H3,(H,14,15,16). The Bertz CT molecular complexity index is 326. The SMILES string of the molecule is CNCCCN(C)c1cc(NC(C)C)ncn1. The van der Waals surface area contributed by atoms with Gasteiger partial charge in [-0.1, -0.05) is 0 Å². The highest BCUT2D eigenvalue weighted by Gasteiger charge is 2.04. The van der Waals surface area contributed by atoms with Crippen LogP contribution in [-0.4, -0.2) is 43.2 Å². The predicted molar refractivity (Wildman–Crippen MR) is 72.6 cm³/mol. The Labute approximate surface area is 104 Å². The van der Waals surface area contributed by atoms with Crippen LogP contribution in [0.4, 0.5) is 11.6 Å². The van der Waals surface area contributed by atoms with Crippen LogP contribution < -0.4 is 15.5 Å². The molecule has 1 rings (SSSR count). The summed E-state index contributed by atoms with van der Waals surface area (Å²) >= 11 is 0. The van der Waals surface area contributed by atoms with E-state index in [4.69, 9.17) is 0 Å². The fraction of sp³-hybridized carbons (Fsp3) is 0.667. The molecule has 0 atom stereocenters. The van der Waals surface area contributed by atoms with Crippen LogP contribution >= 0.6 is 0 Å². The molecule has 0 fully saturated rings. The maximum Gasteiger partial charge on any atom is 0.133 e. The Kier molecular flexibility index (Phi) is 5.69. The van der Waals surface area contributed by atoms with E-state index in [-0.39, 0.29) is 0 Å². The van der Waals surface area contributed by atoms with Crippen molar-refractivity contribution in [2.45, 2.75) is 26.3 Å². The highest BCUT2D eigenvalue weighted by atomic mass is 15.2. The van der Waals surface area contributed by atoms with Gasteiger partial charge in [0, 0.05) is 25.7 Å². The zero-order valence-electron chi connectivity index (χ0n) is 11.2. The van der Waals surface area contributed by atoms with Crippen molar-refractivity contribution in [3.63, 3.8) is 0 Å². The molecule has 0 saturated carbocycles. The molecule has 2 N–H and O–H groups in total. The number of hydrogen-bond donors (Lipinski definition) is 2. The van der Waals surface area contributed by atoms with Crippen molar-refractivity contribution in [3.8, 4) is 0 Å². The molecule has 0 unspecified atom stereocenters. The van der Waals surface area contributed by atoms with Crippen molar-refractivity contribution in [2.75, 3.05) is 37.4 Å². The Morgan fingerprint density at radius 1 is 1.35 bits per heavy atom. The van der Waals surface area contributed by atoms with Gasteiger partial charge in [0.05, 0.1) is 0 Å². The molecule has 0 aliphatic heterocycles. The zero-order chi connectivity index (χ0) is 12.7. The third-order valence-electron chi connectivity index (χ3n) is 2.40. The second-order valence-corrected chi connectivity index (χ2v) is 4.44. The fourth-order valence-corrected chi connectivity index (χ4v) is 1.54. The Morgan fingerprint density at radius 3 is 2.76 bits per heavy atom. The minimum Gasteiger partial charge on any atom is -0.368 e. The molecule has 0 bridgehead atoms. The van der Waals surface area contributed by atoms with Gasteiger partial charge in [-0.15, -0.1) is 0 Å². The molecule has 1 heterocycles. The van der Waals surface area contributed by atoms with Gasteiger partial charge in [0.1, 0.15) is 18.0 Å². The summed E-state index contributed by atoms with van der Waals surface area (Å²) in [5.74, 6) is 1.84. The van der Waals surface area contributed by atoms with Gasteiger partial charge in [-0.05, 0) is 33.9 Å². The molecule has 0 aliphatic rings. The van der Waals surface area contributed by atoms with Crippen LogP contribution in [-0.2, 0) is 0 Å². The van der Waals surface area contributed by atoms with Crippen molar-refractivity contribution in [1.82, 2.24) is 15.3 Å². The molecular formula is C12H23N5. The first kappa shape index (κ1) is 13.7. The number of nitrogens with one attached hydrogen (secondary N) is 2. The summed E-state index contributed by atoms with van der Waals surface area (Å²) in [6, 6.07) is 2.37. The second-order valence-electron chi connectivity index (χ2n) is 4.44. The van der Waals surface area contributed by atoms with E-state index in [9.17, 15) is 0 Å². The van der Waals surface area contributed by atoms with Crippen molar-refractivity contribution in [3.05, 3.63) is 12.4 Å². The second kappa shape index (κ2) is 7.06. The molecule has 0 aromatic carbocycles. The Morgan fingerprint density at radius 2 is 2.12 bits per heavy atom. The van der Waals surface area contributed by atoms with E-state index in [1.165, 1.54) is 0 Å². The van der Waals surface area contributed by atoms with Crippen LogP contribution in [0, 0.1) is 0 Å². The highest BCUT2D eigenvalue weighted by Crippen LogP contribution is 2.13. The lowest BCUT2D eigenvalue weighted by Crippen LogP contribution is -2.23. The summed E-state index contributed by atoms with van der Waals surface area (Å²) < 4.78 is 0.